The van der Waals surface area contributed by atoms with Gasteiger partial charge < -0.3 is 5.32 Å². The summed E-state index contributed by atoms with van der Waals surface area (Å²) in [6.07, 6.45) is 0. The molecule has 0 amide bonds. The lowest BCUT2D eigenvalue weighted by Crippen LogP contribution is -2.27. The number of anilines is 1. The van der Waals surface area contributed by atoms with Crippen LogP contribution in [0.5, 0.6) is 0 Å². The molecule has 2 heteroatoms. The fourth-order valence-electron chi connectivity index (χ4n) is 1.38. The molecule has 0 fully saturated rings. The monoisotopic (exact) mass is 193 g/mol. The summed E-state index contributed by atoms with van der Waals surface area (Å²) in [4.78, 5) is 1.38. The summed E-state index contributed by atoms with van der Waals surface area (Å²) in [5.74, 6) is 0. The summed E-state index contributed by atoms with van der Waals surface area (Å²) >= 11 is 1.93. The van der Waals surface area contributed by atoms with E-state index in [1.54, 1.807) is 0 Å². The second-order valence-electron chi connectivity index (χ2n) is 4.50. The van der Waals surface area contributed by atoms with Gasteiger partial charge in [0.1, 0.15) is 0 Å². The molecule has 1 heterocycles. The Morgan fingerprint density at radius 2 is 1.92 bits per heavy atom. The number of benzene rings is 1. The molecule has 1 aromatic carbocycles. The molecule has 13 heavy (non-hydrogen) atoms. The lowest BCUT2D eigenvalue weighted by Gasteiger charge is -2.26. The Morgan fingerprint density at radius 1 is 1.23 bits per heavy atom. The molecular weight excluding hydrogens is 178 g/mol. The zero-order chi connectivity index (χ0) is 9.47. The molecular formula is C11H15NS. The minimum Gasteiger partial charge on any atom is -0.372 e. The molecule has 0 unspecified atom stereocenters. The van der Waals surface area contributed by atoms with E-state index in [1.165, 1.54) is 10.6 Å². The fourth-order valence-corrected chi connectivity index (χ4v) is 2.58. The first-order chi connectivity index (χ1) is 6.07. The van der Waals surface area contributed by atoms with Gasteiger partial charge in [-0.2, -0.15) is 0 Å². The predicted molar refractivity (Wildman–Crippen MR) is 59.2 cm³/mol. The first-order valence-electron chi connectivity index (χ1n) is 4.59. The van der Waals surface area contributed by atoms with Gasteiger partial charge in [0.2, 0.25) is 0 Å². The van der Waals surface area contributed by atoms with Crippen molar-refractivity contribution in [3.63, 3.8) is 0 Å². The van der Waals surface area contributed by atoms with Gasteiger partial charge in [0.25, 0.3) is 0 Å². The zero-order valence-corrected chi connectivity index (χ0v) is 9.11. The van der Waals surface area contributed by atoms with Crippen molar-refractivity contribution >= 4 is 17.4 Å². The van der Waals surface area contributed by atoms with Gasteiger partial charge in [-0.15, -0.1) is 0 Å². The highest BCUT2D eigenvalue weighted by molar-refractivity contribution is 8.00. The number of hydrogen-bond acceptors (Lipinski definition) is 2. The summed E-state index contributed by atoms with van der Waals surface area (Å²) in [5, 5.41) is 4.04. The molecule has 1 aliphatic heterocycles. The second kappa shape index (κ2) is 2.95. The maximum Gasteiger partial charge on any atom is 0.0818 e. The van der Waals surface area contributed by atoms with E-state index in [0.717, 1.165) is 0 Å². The van der Waals surface area contributed by atoms with Gasteiger partial charge >= 0.3 is 0 Å². The molecule has 1 N–H and O–H groups in total. The summed E-state index contributed by atoms with van der Waals surface area (Å²) in [5.41, 5.74) is 1.59. The molecule has 0 bridgehead atoms. The van der Waals surface area contributed by atoms with Crippen LogP contribution in [0.3, 0.4) is 0 Å². The highest BCUT2D eigenvalue weighted by Gasteiger charge is 2.30. The Bertz CT molecular complexity index is 289. The van der Waals surface area contributed by atoms with Crippen LogP contribution < -0.4 is 5.32 Å². The fraction of sp³-hybridized carbons (Fsp3) is 0.455. The topological polar surface area (TPSA) is 12.0 Å². The highest BCUT2D eigenvalue weighted by Crippen LogP contribution is 2.44. The average Bonchev–Trinajstić information content (AvgIpc) is 2.45. The highest BCUT2D eigenvalue weighted by atomic mass is 32.2. The smallest absolute Gasteiger partial charge is 0.0818 e. The van der Waals surface area contributed by atoms with E-state index in [1.807, 2.05) is 11.8 Å². The Morgan fingerprint density at radius 3 is 2.54 bits per heavy atom. The van der Waals surface area contributed by atoms with Crippen molar-refractivity contribution in [3.05, 3.63) is 24.3 Å². The number of fused-ring (bicyclic) bond motifs is 1. The van der Waals surface area contributed by atoms with Crippen LogP contribution >= 0.6 is 11.8 Å². The normalized spacial score (nSPS) is 21.0. The predicted octanol–water partition coefficient (Wildman–Crippen LogP) is 3.58. The van der Waals surface area contributed by atoms with Crippen molar-refractivity contribution in [2.75, 3.05) is 5.32 Å². The molecule has 0 saturated heterocycles. The van der Waals surface area contributed by atoms with Crippen molar-refractivity contribution < 1.29 is 0 Å². The molecule has 0 spiro atoms. The van der Waals surface area contributed by atoms with Crippen molar-refractivity contribution in [2.24, 2.45) is 5.41 Å². The van der Waals surface area contributed by atoms with Gasteiger partial charge in [-0.05, 0) is 17.5 Å². The lowest BCUT2D eigenvalue weighted by atomic mass is 9.96. The summed E-state index contributed by atoms with van der Waals surface area (Å²) in [7, 11) is 0. The Kier molecular flexibility index (Phi) is 2.03. The Balaban J connectivity index is 2.23. The van der Waals surface area contributed by atoms with Gasteiger partial charge in [-0.3, -0.25) is 0 Å². The van der Waals surface area contributed by atoms with Crippen molar-refractivity contribution in [1.29, 1.82) is 0 Å². The van der Waals surface area contributed by atoms with Crippen LogP contribution in [0.1, 0.15) is 20.8 Å². The average molecular weight is 193 g/mol. The van der Waals surface area contributed by atoms with Gasteiger partial charge in [-0.25, -0.2) is 0 Å². The van der Waals surface area contributed by atoms with Crippen LogP contribution in [0, 0.1) is 5.41 Å². The van der Waals surface area contributed by atoms with Crippen LogP contribution in [0.25, 0.3) is 0 Å². The minimum atomic E-state index is 0.309. The number of nitrogens with one attached hydrogen (secondary N) is 1. The summed E-state index contributed by atoms with van der Waals surface area (Å²) < 4.78 is 0. The van der Waals surface area contributed by atoms with E-state index < -0.39 is 0 Å². The quantitative estimate of drug-likeness (QED) is 0.676. The number of hydrogen-bond donors (Lipinski definition) is 1. The van der Waals surface area contributed by atoms with E-state index in [9.17, 15) is 0 Å². The second-order valence-corrected chi connectivity index (χ2v) is 5.65. The number of para-hydroxylation sites is 1. The SMILES string of the molecule is CC(C)(C)[C@@H]1Nc2ccccc2S1. The number of rotatable bonds is 0. The van der Waals surface area contributed by atoms with Crippen molar-refractivity contribution in [3.8, 4) is 0 Å². The summed E-state index contributed by atoms with van der Waals surface area (Å²) in [6, 6.07) is 8.50. The van der Waals surface area contributed by atoms with Crippen molar-refractivity contribution in [2.45, 2.75) is 31.0 Å². The van der Waals surface area contributed by atoms with E-state index in [0.29, 0.717) is 10.8 Å². The molecule has 1 nitrogen and oxygen atoms in total. The van der Waals surface area contributed by atoms with Crippen LogP contribution in [0.2, 0.25) is 0 Å². The van der Waals surface area contributed by atoms with E-state index in [-0.39, 0.29) is 0 Å². The summed E-state index contributed by atoms with van der Waals surface area (Å²) in [6.45, 7) is 6.80. The third kappa shape index (κ3) is 1.68. The molecule has 1 aromatic rings. The van der Waals surface area contributed by atoms with Crippen LogP contribution in [0.15, 0.2) is 29.2 Å². The largest absolute Gasteiger partial charge is 0.372 e. The minimum absolute atomic E-state index is 0.309. The first kappa shape index (κ1) is 8.95. The molecule has 1 atom stereocenters. The molecule has 70 valence electrons. The van der Waals surface area contributed by atoms with E-state index in [4.69, 9.17) is 0 Å². The lowest BCUT2D eigenvalue weighted by molar-refractivity contribution is 0.419. The molecule has 1 aliphatic rings. The van der Waals surface area contributed by atoms with Gasteiger partial charge in [0.15, 0.2) is 0 Å². The Labute approximate surface area is 83.9 Å². The van der Waals surface area contributed by atoms with Crippen molar-refractivity contribution in [1.82, 2.24) is 0 Å². The van der Waals surface area contributed by atoms with Crippen LogP contribution in [0.4, 0.5) is 5.69 Å². The van der Waals surface area contributed by atoms with E-state index >= 15 is 0 Å². The zero-order valence-electron chi connectivity index (χ0n) is 8.29. The van der Waals surface area contributed by atoms with Gasteiger partial charge in [0.05, 0.1) is 5.37 Å². The van der Waals surface area contributed by atoms with Gasteiger partial charge in [0, 0.05) is 10.6 Å². The molecule has 0 saturated carbocycles. The Hall–Kier alpha value is -0.630. The maximum atomic E-state index is 3.54. The molecule has 0 aromatic heterocycles. The third-order valence-corrected chi connectivity index (χ3v) is 3.88. The van der Waals surface area contributed by atoms with E-state index in [2.05, 4.69) is 50.4 Å². The van der Waals surface area contributed by atoms with Crippen LogP contribution in [-0.2, 0) is 0 Å². The van der Waals surface area contributed by atoms with Crippen LogP contribution in [-0.4, -0.2) is 5.37 Å². The standard InChI is InChI=1S/C11H15NS/c1-11(2,3)10-12-8-6-4-5-7-9(8)13-10/h4-7,10,12H,1-3H3/t10-/m1/s1. The third-order valence-electron chi connectivity index (χ3n) is 2.21. The molecule has 0 aliphatic carbocycles. The molecule has 2 rings (SSSR count). The number of thioether (sulfide) groups is 1. The maximum absolute atomic E-state index is 3.54. The first-order valence-corrected chi connectivity index (χ1v) is 5.47. The molecule has 0 radical (unpaired) electrons. The van der Waals surface area contributed by atoms with Gasteiger partial charge in [-0.1, -0.05) is 44.7 Å².